The van der Waals surface area contributed by atoms with Crippen LogP contribution in [0.15, 0.2) is 24.5 Å². The van der Waals surface area contributed by atoms with Crippen LogP contribution in [0.4, 0.5) is 4.39 Å². The van der Waals surface area contributed by atoms with Crippen LogP contribution in [0.5, 0.6) is 0 Å². The van der Waals surface area contributed by atoms with Crippen molar-refractivity contribution < 1.29 is 18.7 Å². The standard InChI is InChI=1S/C18H23FN2O3/c19-18(6-2-7-18)17(22)21-9-10-23-15-5-4-14(21)16(15)24-12-13-3-1-8-20-11-13/h1,3,8,11,14-16H,2,4-7,9-10,12H2/t14-,15-,16+/m0/s1. The molecule has 1 aromatic rings. The van der Waals surface area contributed by atoms with Crippen LogP contribution in [0.1, 0.15) is 37.7 Å². The Morgan fingerprint density at radius 1 is 1.46 bits per heavy atom. The van der Waals surface area contributed by atoms with Crippen molar-refractivity contribution in [1.82, 2.24) is 9.88 Å². The lowest BCUT2D eigenvalue weighted by atomic mass is 9.80. The Kier molecular flexibility index (Phi) is 4.26. The number of pyridine rings is 1. The second-order valence-corrected chi connectivity index (χ2v) is 7.01. The third-order valence-corrected chi connectivity index (χ3v) is 5.51. The van der Waals surface area contributed by atoms with Gasteiger partial charge in [-0.3, -0.25) is 9.78 Å². The summed E-state index contributed by atoms with van der Waals surface area (Å²) in [6.07, 6.45) is 6.44. The maximum atomic E-state index is 14.6. The summed E-state index contributed by atoms with van der Waals surface area (Å²) in [6.45, 7) is 1.34. The molecule has 0 radical (unpaired) electrons. The Morgan fingerprint density at radius 3 is 3.04 bits per heavy atom. The van der Waals surface area contributed by atoms with Gasteiger partial charge in [0.25, 0.3) is 5.91 Å². The summed E-state index contributed by atoms with van der Waals surface area (Å²) in [5.74, 6) is -0.361. The number of ether oxygens (including phenoxy) is 2. The van der Waals surface area contributed by atoms with Gasteiger partial charge in [0.05, 0.1) is 25.4 Å². The Bertz CT molecular complexity index is 593. The minimum Gasteiger partial charge on any atom is -0.374 e. The summed E-state index contributed by atoms with van der Waals surface area (Å²) in [7, 11) is 0. The number of hydrogen-bond donors (Lipinski definition) is 0. The minimum atomic E-state index is -1.66. The molecule has 1 amide bonds. The average Bonchev–Trinajstić information content (AvgIpc) is 2.86. The van der Waals surface area contributed by atoms with Crippen LogP contribution in [0.25, 0.3) is 0 Å². The quantitative estimate of drug-likeness (QED) is 0.847. The largest absolute Gasteiger partial charge is 0.374 e. The molecule has 1 saturated heterocycles. The summed E-state index contributed by atoms with van der Waals surface area (Å²) in [6, 6.07) is 3.74. The van der Waals surface area contributed by atoms with Gasteiger partial charge < -0.3 is 14.4 Å². The summed E-state index contributed by atoms with van der Waals surface area (Å²) in [5, 5.41) is 0. The zero-order valence-electron chi connectivity index (χ0n) is 13.7. The summed E-state index contributed by atoms with van der Waals surface area (Å²) < 4.78 is 26.6. The van der Waals surface area contributed by atoms with Crippen molar-refractivity contribution in [3.05, 3.63) is 30.1 Å². The molecule has 1 aliphatic heterocycles. The number of nitrogens with zero attached hydrogens (tertiary/aromatic N) is 2. The number of rotatable bonds is 4. The van der Waals surface area contributed by atoms with Crippen LogP contribution in [-0.2, 0) is 20.9 Å². The number of aromatic nitrogens is 1. The topological polar surface area (TPSA) is 51.7 Å². The zero-order valence-corrected chi connectivity index (χ0v) is 13.7. The van der Waals surface area contributed by atoms with Crippen LogP contribution in [-0.4, -0.2) is 52.9 Å². The van der Waals surface area contributed by atoms with Crippen LogP contribution in [0, 0.1) is 0 Å². The van der Waals surface area contributed by atoms with Gasteiger partial charge in [-0.15, -0.1) is 0 Å². The molecule has 3 fully saturated rings. The SMILES string of the molecule is O=C(N1CCO[C@H]2CC[C@H]1[C@H]2OCc1cccnc1)C1(F)CCC1. The molecule has 6 heteroatoms. The summed E-state index contributed by atoms with van der Waals surface area (Å²) >= 11 is 0. The van der Waals surface area contributed by atoms with E-state index in [1.807, 2.05) is 12.1 Å². The Hall–Kier alpha value is -1.53. The molecule has 0 unspecified atom stereocenters. The van der Waals surface area contributed by atoms with E-state index in [1.54, 1.807) is 17.3 Å². The van der Waals surface area contributed by atoms with Gasteiger partial charge >= 0.3 is 0 Å². The molecule has 2 aliphatic carbocycles. The second kappa shape index (κ2) is 6.41. The second-order valence-electron chi connectivity index (χ2n) is 7.01. The predicted octanol–water partition coefficient (Wildman–Crippen LogP) is 2.25. The van der Waals surface area contributed by atoms with Crippen molar-refractivity contribution in [1.29, 1.82) is 0 Å². The van der Waals surface area contributed by atoms with Gasteiger partial charge in [-0.05, 0) is 43.7 Å². The third kappa shape index (κ3) is 2.82. The lowest BCUT2D eigenvalue weighted by Crippen LogP contribution is -2.56. The fourth-order valence-corrected chi connectivity index (χ4v) is 4.00. The Labute approximate surface area is 141 Å². The highest BCUT2D eigenvalue weighted by molar-refractivity contribution is 5.86. The summed E-state index contributed by atoms with van der Waals surface area (Å²) in [5.41, 5.74) is -0.670. The van der Waals surface area contributed by atoms with Crippen molar-refractivity contribution in [3.8, 4) is 0 Å². The highest BCUT2D eigenvalue weighted by Gasteiger charge is 2.52. The van der Waals surface area contributed by atoms with Gasteiger partial charge in [0.15, 0.2) is 5.67 Å². The molecular formula is C18H23FN2O3. The number of hydrogen-bond acceptors (Lipinski definition) is 4. The molecule has 3 atom stereocenters. The van der Waals surface area contributed by atoms with Crippen LogP contribution in [0.2, 0.25) is 0 Å². The monoisotopic (exact) mass is 334 g/mol. The molecule has 2 bridgehead atoms. The molecular weight excluding hydrogens is 311 g/mol. The van der Waals surface area contributed by atoms with Crippen molar-refractivity contribution in [2.75, 3.05) is 13.2 Å². The molecule has 2 heterocycles. The minimum absolute atomic E-state index is 0.0126. The number of fused-ring (bicyclic) bond motifs is 2. The number of halogens is 1. The molecule has 5 nitrogen and oxygen atoms in total. The van der Waals surface area contributed by atoms with Crippen LogP contribution < -0.4 is 0 Å². The van der Waals surface area contributed by atoms with Gasteiger partial charge in [0, 0.05) is 18.9 Å². The smallest absolute Gasteiger partial charge is 0.260 e. The van der Waals surface area contributed by atoms with Gasteiger partial charge in [-0.1, -0.05) is 6.07 Å². The van der Waals surface area contributed by atoms with E-state index >= 15 is 0 Å². The van der Waals surface area contributed by atoms with Crippen molar-refractivity contribution in [3.63, 3.8) is 0 Å². The first-order valence-corrected chi connectivity index (χ1v) is 8.79. The Morgan fingerprint density at radius 2 is 2.33 bits per heavy atom. The number of amides is 1. The average molecular weight is 334 g/mol. The lowest BCUT2D eigenvalue weighted by molar-refractivity contribution is -0.154. The van der Waals surface area contributed by atoms with Gasteiger partial charge in [0.2, 0.25) is 0 Å². The molecule has 0 N–H and O–H groups in total. The van der Waals surface area contributed by atoms with Crippen molar-refractivity contribution in [2.45, 2.75) is 62.6 Å². The van der Waals surface area contributed by atoms with E-state index < -0.39 is 5.67 Å². The van der Waals surface area contributed by atoms with E-state index in [0.29, 0.717) is 32.6 Å². The van der Waals surface area contributed by atoms with Crippen LogP contribution in [0.3, 0.4) is 0 Å². The molecule has 2 saturated carbocycles. The predicted molar refractivity (Wildman–Crippen MR) is 85.0 cm³/mol. The normalized spacial score (nSPS) is 31.4. The van der Waals surface area contributed by atoms with Gasteiger partial charge in [-0.25, -0.2) is 4.39 Å². The fourth-order valence-electron chi connectivity index (χ4n) is 4.00. The van der Waals surface area contributed by atoms with E-state index in [9.17, 15) is 9.18 Å². The van der Waals surface area contributed by atoms with E-state index in [2.05, 4.69) is 4.98 Å². The fraction of sp³-hybridized carbons (Fsp3) is 0.667. The van der Waals surface area contributed by atoms with Crippen molar-refractivity contribution in [2.24, 2.45) is 0 Å². The zero-order chi connectivity index (χ0) is 16.6. The van der Waals surface area contributed by atoms with Crippen molar-refractivity contribution >= 4 is 5.91 Å². The molecule has 1 aromatic heterocycles. The molecule has 0 aromatic carbocycles. The highest BCUT2D eigenvalue weighted by atomic mass is 19.1. The van der Waals surface area contributed by atoms with Gasteiger partial charge in [-0.2, -0.15) is 0 Å². The first kappa shape index (κ1) is 16.0. The Balaban J connectivity index is 1.48. The first-order valence-electron chi connectivity index (χ1n) is 8.79. The third-order valence-electron chi connectivity index (χ3n) is 5.51. The molecule has 3 aliphatic rings. The van der Waals surface area contributed by atoms with E-state index in [-0.39, 0.29) is 24.2 Å². The molecule has 4 rings (SSSR count). The van der Waals surface area contributed by atoms with Gasteiger partial charge in [0.1, 0.15) is 6.10 Å². The number of carbonyl (C=O) groups excluding carboxylic acids is 1. The highest BCUT2D eigenvalue weighted by Crippen LogP contribution is 2.40. The van der Waals surface area contributed by atoms with E-state index in [0.717, 1.165) is 24.8 Å². The summed E-state index contributed by atoms with van der Waals surface area (Å²) in [4.78, 5) is 18.5. The number of carbonyl (C=O) groups is 1. The number of alkyl halides is 1. The molecule has 24 heavy (non-hydrogen) atoms. The van der Waals surface area contributed by atoms with E-state index in [1.165, 1.54) is 0 Å². The van der Waals surface area contributed by atoms with Crippen LogP contribution >= 0.6 is 0 Å². The molecule has 130 valence electrons. The first-order chi connectivity index (χ1) is 11.7. The lowest BCUT2D eigenvalue weighted by Gasteiger charge is -2.40. The molecule has 0 spiro atoms. The van der Waals surface area contributed by atoms with E-state index in [4.69, 9.17) is 9.47 Å². The maximum absolute atomic E-state index is 14.6. The maximum Gasteiger partial charge on any atom is 0.260 e.